The van der Waals surface area contributed by atoms with E-state index in [4.69, 9.17) is 4.74 Å². The van der Waals surface area contributed by atoms with Crippen LogP contribution in [0.5, 0.6) is 5.75 Å². The summed E-state index contributed by atoms with van der Waals surface area (Å²) in [6.45, 7) is 4.53. The van der Waals surface area contributed by atoms with Crippen LogP contribution < -0.4 is 9.64 Å². The van der Waals surface area contributed by atoms with Gasteiger partial charge in [-0.3, -0.25) is 4.90 Å². The molecule has 0 N–H and O–H groups in total. The molecule has 2 nitrogen and oxygen atoms in total. The Morgan fingerprint density at radius 2 is 1.86 bits per heavy atom. The van der Waals surface area contributed by atoms with Crippen LogP contribution in [0.2, 0.25) is 0 Å². The number of benzene rings is 1. The van der Waals surface area contributed by atoms with Crippen molar-refractivity contribution in [3.63, 3.8) is 0 Å². The number of hydrogen-bond acceptors (Lipinski definition) is 2. The molecular formula is C20H23NO. The Balaban J connectivity index is 1.78. The second-order valence-electron chi connectivity index (χ2n) is 6.32. The predicted molar refractivity (Wildman–Crippen MR) is 91.0 cm³/mol. The fourth-order valence-corrected chi connectivity index (χ4v) is 3.62. The van der Waals surface area contributed by atoms with E-state index in [0.29, 0.717) is 0 Å². The molecule has 0 atom stereocenters. The maximum Gasteiger partial charge on any atom is 0.175 e. The van der Waals surface area contributed by atoms with Gasteiger partial charge >= 0.3 is 0 Å². The van der Waals surface area contributed by atoms with Gasteiger partial charge < -0.3 is 4.74 Å². The minimum absolute atomic E-state index is 1.04. The van der Waals surface area contributed by atoms with Crippen molar-refractivity contribution in [1.29, 1.82) is 0 Å². The van der Waals surface area contributed by atoms with Crippen molar-refractivity contribution in [3.05, 3.63) is 58.6 Å². The molecule has 0 radical (unpaired) electrons. The Bertz CT molecular complexity index is 709. The maximum atomic E-state index is 6.16. The van der Waals surface area contributed by atoms with Gasteiger partial charge in [0.15, 0.2) is 11.5 Å². The number of anilines is 1. The van der Waals surface area contributed by atoms with Crippen molar-refractivity contribution in [1.82, 2.24) is 0 Å². The highest BCUT2D eigenvalue weighted by atomic mass is 16.5. The lowest BCUT2D eigenvalue weighted by Crippen LogP contribution is -2.41. The van der Waals surface area contributed by atoms with E-state index < -0.39 is 0 Å². The van der Waals surface area contributed by atoms with Gasteiger partial charge in [-0.15, -0.1) is 0 Å². The number of fused-ring (bicyclic) bond motifs is 2. The smallest absolute Gasteiger partial charge is 0.175 e. The van der Waals surface area contributed by atoms with Gasteiger partial charge in [0.2, 0.25) is 0 Å². The quantitative estimate of drug-likeness (QED) is 0.710. The molecule has 3 aliphatic rings. The van der Waals surface area contributed by atoms with Crippen molar-refractivity contribution in [3.8, 4) is 5.75 Å². The average Bonchev–Trinajstić information content (AvgIpc) is 2.58. The van der Waals surface area contributed by atoms with Crippen molar-refractivity contribution in [2.45, 2.75) is 52.4 Å². The van der Waals surface area contributed by atoms with E-state index in [9.17, 15) is 0 Å². The van der Waals surface area contributed by atoms with E-state index in [1.165, 1.54) is 60.3 Å². The summed E-state index contributed by atoms with van der Waals surface area (Å²) < 4.78 is 6.16. The van der Waals surface area contributed by atoms with Crippen molar-refractivity contribution in [2.24, 2.45) is 0 Å². The lowest BCUT2D eigenvalue weighted by Gasteiger charge is -2.47. The summed E-state index contributed by atoms with van der Waals surface area (Å²) >= 11 is 0. The summed E-state index contributed by atoms with van der Waals surface area (Å²) in [6.07, 6.45) is 13.7. The third kappa shape index (κ3) is 1.86. The average molecular weight is 293 g/mol. The molecule has 0 spiro atoms. The maximum absolute atomic E-state index is 6.16. The van der Waals surface area contributed by atoms with Crippen LogP contribution in [0.15, 0.2) is 47.5 Å². The molecule has 3 heterocycles. The zero-order chi connectivity index (χ0) is 15.1. The third-order valence-corrected chi connectivity index (χ3v) is 4.81. The molecule has 0 aliphatic carbocycles. The Morgan fingerprint density at radius 1 is 1.05 bits per heavy atom. The molecule has 2 heteroatoms. The molecule has 0 saturated carbocycles. The predicted octanol–water partition coefficient (Wildman–Crippen LogP) is 5.25. The van der Waals surface area contributed by atoms with Crippen LogP contribution in [0.4, 0.5) is 5.69 Å². The fourth-order valence-electron chi connectivity index (χ4n) is 3.62. The second kappa shape index (κ2) is 5.35. The topological polar surface area (TPSA) is 12.5 Å². The largest absolute Gasteiger partial charge is 0.451 e. The van der Waals surface area contributed by atoms with Crippen molar-refractivity contribution >= 4 is 5.69 Å². The van der Waals surface area contributed by atoms with Crippen LogP contribution in [0.3, 0.4) is 0 Å². The number of unbranched alkanes of at least 4 members (excludes halogenated alkanes) is 2. The highest BCUT2D eigenvalue weighted by Crippen LogP contribution is 2.54. The van der Waals surface area contributed by atoms with Crippen LogP contribution >= 0.6 is 0 Å². The minimum atomic E-state index is 1.04. The summed E-state index contributed by atoms with van der Waals surface area (Å²) in [7, 11) is 0. The van der Waals surface area contributed by atoms with E-state index in [0.717, 1.165) is 17.9 Å². The molecule has 0 saturated heterocycles. The fraction of sp³-hybridized carbons (Fsp3) is 0.400. The van der Waals surface area contributed by atoms with Crippen LogP contribution in [-0.4, -0.2) is 0 Å². The first kappa shape index (κ1) is 13.7. The van der Waals surface area contributed by atoms with Gasteiger partial charge in [-0.25, -0.2) is 0 Å². The Labute approximate surface area is 132 Å². The number of ether oxygens (including phenoxy) is 1. The van der Waals surface area contributed by atoms with Gasteiger partial charge in [0.25, 0.3) is 0 Å². The summed E-state index contributed by atoms with van der Waals surface area (Å²) in [5.74, 6) is 2.09. The molecule has 4 rings (SSSR count). The lowest BCUT2D eigenvalue weighted by molar-refractivity contribution is 0.390. The van der Waals surface area contributed by atoms with Gasteiger partial charge in [0.1, 0.15) is 0 Å². The molecule has 4 bridgehead atoms. The highest BCUT2D eigenvalue weighted by Gasteiger charge is 2.43. The van der Waals surface area contributed by atoms with Crippen LogP contribution in [0, 0.1) is 0 Å². The number of nitrogens with zero attached hydrogens (tertiary/aromatic N) is 1. The van der Waals surface area contributed by atoms with E-state index in [2.05, 4.69) is 49.1 Å². The van der Waals surface area contributed by atoms with Crippen molar-refractivity contribution < 1.29 is 4.74 Å². The van der Waals surface area contributed by atoms with Gasteiger partial charge in [-0.2, -0.15) is 0 Å². The van der Waals surface area contributed by atoms with Gasteiger partial charge in [0, 0.05) is 0 Å². The third-order valence-electron chi connectivity index (χ3n) is 4.81. The summed E-state index contributed by atoms with van der Waals surface area (Å²) in [4.78, 5) is 2.40. The Kier molecular flexibility index (Phi) is 3.33. The molecule has 1 aromatic rings. The first-order valence-corrected chi connectivity index (χ1v) is 8.61. The van der Waals surface area contributed by atoms with Crippen LogP contribution in [0.25, 0.3) is 0 Å². The Morgan fingerprint density at radius 3 is 2.59 bits per heavy atom. The van der Waals surface area contributed by atoms with Gasteiger partial charge in [-0.1, -0.05) is 38.8 Å². The zero-order valence-corrected chi connectivity index (χ0v) is 13.5. The molecule has 1 aromatic carbocycles. The minimum Gasteiger partial charge on any atom is -0.451 e. The molecule has 0 fully saturated rings. The number of allylic oxidation sites excluding steroid dienone is 3. The monoisotopic (exact) mass is 293 g/mol. The number of aryl methyl sites for hydroxylation is 1. The van der Waals surface area contributed by atoms with E-state index in [1.54, 1.807) is 0 Å². The summed E-state index contributed by atoms with van der Waals surface area (Å²) in [6, 6.07) is 4.46. The van der Waals surface area contributed by atoms with E-state index in [-0.39, 0.29) is 0 Å². The molecule has 22 heavy (non-hydrogen) atoms. The van der Waals surface area contributed by atoms with E-state index in [1.807, 2.05) is 0 Å². The van der Waals surface area contributed by atoms with Crippen LogP contribution in [0.1, 0.15) is 50.7 Å². The summed E-state index contributed by atoms with van der Waals surface area (Å²) in [5, 5.41) is 0. The molecule has 0 unspecified atom stereocenters. The lowest BCUT2D eigenvalue weighted by atomic mass is 9.90. The molecular weight excluding hydrogens is 270 g/mol. The molecule has 0 amide bonds. The normalized spacial score (nSPS) is 17.0. The SMILES string of the molecule is CCCCc1ccc2c(c1CCCC)N1c3cccc1c3O2. The van der Waals surface area contributed by atoms with Crippen LogP contribution in [-0.2, 0) is 12.8 Å². The first-order chi connectivity index (χ1) is 10.8. The molecule has 3 aliphatic heterocycles. The molecule has 114 valence electrons. The molecule has 0 aromatic heterocycles. The Hall–Kier alpha value is -1.96. The first-order valence-electron chi connectivity index (χ1n) is 8.61. The number of hydrogen-bond donors (Lipinski definition) is 0. The highest BCUT2D eigenvalue weighted by molar-refractivity contribution is 5.85. The van der Waals surface area contributed by atoms with E-state index >= 15 is 0 Å². The number of rotatable bonds is 6. The standard InChI is InChI=1S/C20H23NO/c1-3-5-8-14-12-13-18-19(15(14)9-6-4-2)21-16-10-7-11-17(21)20(16)22-18/h7,10-13H,3-6,8-9H2,1-2H3. The second-order valence-corrected chi connectivity index (χ2v) is 6.32. The summed E-state index contributed by atoms with van der Waals surface area (Å²) in [5.41, 5.74) is 6.79. The zero-order valence-electron chi connectivity index (χ0n) is 13.5. The van der Waals surface area contributed by atoms with Gasteiger partial charge in [0.05, 0.1) is 17.1 Å². The van der Waals surface area contributed by atoms with Crippen molar-refractivity contribution in [2.75, 3.05) is 4.90 Å². The van der Waals surface area contributed by atoms with Gasteiger partial charge in [-0.05, 0) is 55.0 Å².